The third-order valence-corrected chi connectivity index (χ3v) is 6.29. The van der Waals surface area contributed by atoms with Gasteiger partial charge < -0.3 is 14.7 Å². The SMILES string of the molecule is CCSC1=C(C(=O)O)C(C)=CC(N(C)CC2CCCO2)N1Cc1cccc(F)c1. The standard InChI is InChI=1S/C22H29FN2O3S/c1-4-29-21-20(22(26)27)15(2)11-19(24(3)14-18-9-6-10-28-18)25(21)13-16-7-5-8-17(23)12-16/h5,7-8,11-12,18-19H,4,6,9-10,13-14H2,1-3H3,(H,26,27). The summed E-state index contributed by atoms with van der Waals surface area (Å²) in [6.45, 7) is 5.86. The van der Waals surface area contributed by atoms with E-state index in [2.05, 4.69) is 9.80 Å². The smallest absolute Gasteiger partial charge is 0.338 e. The summed E-state index contributed by atoms with van der Waals surface area (Å²) in [6.07, 6.45) is 4.18. The Morgan fingerprint density at radius 1 is 1.45 bits per heavy atom. The lowest BCUT2D eigenvalue weighted by atomic mass is 10.0. The summed E-state index contributed by atoms with van der Waals surface area (Å²) in [6, 6.07) is 6.50. The molecule has 0 spiro atoms. The zero-order chi connectivity index (χ0) is 21.0. The van der Waals surface area contributed by atoms with Gasteiger partial charge in [-0.15, -0.1) is 11.8 Å². The molecule has 0 radical (unpaired) electrons. The number of benzene rings is 1. The molecule has 0 aromatic heterocycles. The molecule has 1 aromatic rings. The molecule has 7 heteroatoms. The van der Waals surface area contributed by atoms with E-state index in [-0.39, 0.29) is 18.1 Å². The van der Waals surface area contributed by atoms with Gasteiger partial charge in [0, 0.05) is 19.7 Å². The van der Waals surface area contributed by atoms with Crippen molar-refractivity contribution in [2.75, 3.05) is 26.0 Å². The highest BCUT2D eigenvalue weighted by atomic mass is 32.2. The molecular formula is C22H29FN2O3S. The van der Waals surface area contributed by atoms with Crippen LogP contribution in [0.3, 0.4) is 0 Å². The maximum Gasteiger partial charge on any atom is 0.338 e. The molecular weight excluding hydrogens is 391 g/mol. The molecule has 2 heterocycles. The van der Waals surface area contributed by atoms with Gasteiger partial charge in [0.1, 0.15) is 12.0 Å². The van der Waals surface area contributed by atoms with E-state index in [9.17, 15) is 14.3 Å². The van der Waals surface area contributed by atoms with Crippen molar-refractivity contribution in [3.05, 3.63) is 57.9 Å². The zero-order valence-corrected chi connectivity index (χ0v) is 18.0. The predicted molar refractivity (Wildman–Crippen MR) is 114 cm³/mol. The number of carbonyl (C=O) groups is 1. The van der Waals surface area contributed by atoms with E-state index < -0.39 is 5.97 Å². The van der Waals surface area contributed by atoms with Crippen LogP contribution in [0.4, 0.5) is 4.39 Å². The largest absolute Gasteiger partial charge is 0.478 e. The predicted octanol–water partition coefficient (Wildman–Crippen LogP) is 4.07. The Hall–Kier alpha value is -1.83. The van der Waals surface area contributed by atoms with Crippen LogP contribution in [-0.4, -0.2) is 59.1 Å². The van der Waals surface area contributed by atoms with Gasteiger partial charge in [-0.05, 0) is 61.9 Å². The van der Waals surface area contributed by atoms with Crippen LogP contribution in [-0.2, 0) is 16.1 Å². The molecule has 2 unspecified atom stereocenters. The van der Waals surface area contributed by atoms with Crippen LogP contribution < -0.4 is 0 Å². The van der Waals surface area contributed by atoms with E-state index in [4.69, 9.17) is 4.74 Å². The maximum atomic E-state index is 13.8. The minimum absolute atomic E-state index is 0.125. The highest BCUT2D eigenvalue weighted by Crippen LogP contribution is 2.36. The van der Waals surface area contributed by atoms with Crippen LogP contribution in [0.2, 0.25) is 0 Å². The molecule has 1 N–H and O–H groups in total. The van der Waals surface area contributed by atoms with Crippen LogP contribution >= 0.6 is 11.8 Å². The summed E-state index contributed by atoms with van der Waals surface area (Å²) in [5, 5.41) is 10.6. The normalized spacial score (nSPS) is 22.4. The van der Waals surface area contributed by atoms with Crippen molar-refractivity contribution in [3.8, 4) is 0 Å². The third-order valence-electron chi connectivity index (χ3n) is 5.29. The molecule has 29 heavy (non-hydrogen) atoms. The van der Waals surface area contributed by atoms with E-state index in [1.54, 1.807) is 6.07 Å². The number of aliphatic carboxylic acids is 1. The van der Waals surface area contributed by atoms with Gasteiger partial charge in [-0.2, -0.15) is 0 Å². The first kappa shape index (κ1) is 21.9. The number of rotatable bonds is 8. The molecule has 5 nitrogen and oxygen atoms in total. The van der Waals surface area contributed by atoms with E-state index >= 15 is 0 Å². The molecule has 0 aliphatic carbocycles. The number of hydrogen-bond acceptors (Lipinski definition) is 5. The molecule has 2 aliphatic heterocycles. The van der Waals surface area contributed by atoms with Gasteiger partial charge in [0.15, 0.2) is 0 Å². The summed E-state index contributed by atoms with van der Waals surface area (Å²) >= 11 is 1.52. The van der Waals surface area contributed by atoms with Gasteiger partial charge in [-0.25, -0.2) is 9.18 Å². The average Bonchev–Trinajstić information content (AvgIpc) is 3.16. The maximum absolute atomic E-state index is 13.8. The molecule has 0 bridgehead atoms. The highest BCUT2D eigenvalue weighted by molar-refractivity contribution is 8.03. The number of likely N-dealkylation sites (N-methyl/N-ethyl adjacent to an activating group) is 1. The fourth-order valence-corrected chi connectivity index (χ4v) is 4.97. The fourth-order valence-electron chi connectivity index (χ4n) is 3.96. The van der Waals surface area contributed by atoms with Crippen molar-refractivity contribution in [1.29, 1.82) is 0 Å². The first-order valence-electron chi connectivity index (χ1n) is 10.0. The van der Waals surface area contributed by atoms with Crippen molar-refractivity contribution >= 4 is 17.7 Å². The Bertz CT molecular complexity index is 805. The number of hydrogen-bond donors (Lipinski definition) is 1. The zero-order valence-electron chi connectivity index (χ0n) is 17.2. The van der Waals surface area contributed by atoms with E-state index in [0.29, 0.717) is 12.1 Å². The molecule has 0 saturated carbocycles. The Labute approximate surface area is 176 Å². The molecule has 2 atom stereocenters. The van der Waals surface area contributed by atoms with Crippen molar-refractivity contribution in [2.45, 2.75) is 45.5 Å². The summed E-state index contributed by atoms with van der Waals surface area (Å²) in [7, 11) is 2.04. The van der Waals surface area contributed by atoms with Crippen LogP contribution in [0, 0.1) is 5.82 Å². The van der Waals surface area contributed by atoms with Gasteiger partial charge in [-0.1, -0.05) is 19.1 Å². The molecule has 1 saturated heterocycles. The van der Waals surface area contributed by atoms with Crippen LogP contribution in [0.15, 0.2) is 46.5 Å². The minimum atomic E-state index is -0.931. The molecule has 0 amide bonds. The van der Waals surface area contributed by atoms with Gasteiger partial charge in [0.05, 0.1) is 16.7 Å². The summed E-state index contributed by atoms with van der Waals surface area (Å²) in [4.78, 5) is 16.3. The molecule has 1 fully saturated rings. The highest BCUT2D eigenvalue weighted by Gasteiger charge is 2.34. The van der Waals surface area contributed by atoms with Gasteiger partial charge in [0.2, 0.25) is 0 Å². The van der Waals surface area contributed by atoms with Crippen LogP contribution in [0.1, 0.15) is 32.3 Å². The Balaban J connectivity index is 1.96. The first-order chi connectivity index (χ1) is 13.9. The summed E-state index contributed by atoms with van der Waals surface area (Å²) < 4.78 is 19.6. The second-order valence-corrected chi connectivity index (χ2v) is 8.77. The second-order valence-electron chi connectivity index (χ2n) is 7.51. The lowest BCUT2D eigenvalue weighted by Gasteiger charge is -2.42. The van der Waals surface area contributed by atoms with E-state index in [1.165, 1.54) is 23.9 Å². The second kappa shape index (κ2) is 9.78. The number of ether oxygens (including phenoxy) is 1. The van der Waals surface area contributed by atoms with Crippen molar-refractivity contribution < 1.29 is 19.0 Å². The number of nitrogens with zero attached hydrogens (tertiary/aromatic N) is 2. The lowest BCUT2D eigenvalue weighted by Crippen LogP contribution is -2.49. The summed E-state index contributed by atoms with van der Waals surface area (Å²) in [5.41, 5.74) is 1.90. The minimum Gasteiger partial charge on any atom is -0.478 e. The van der Waals surface area contributed by atoms with E-state index in [1.807, 2.05) is 33.0 Å². The van der Waals surface area contributed by atoms with Crippen molar-refractivity contribution in [3.63, 3.8) is 0 Å². The van der Waals surface area contributed by atoms with Crippen molar-refractivity contribution in [1.82, 2.24) is 9.80 Å². The monoisotopic (exact) mass is 420 g/mol. The molecule has 2 aliphatic rings. The fraction of sp³-hybridized carbons (Fsp3) is 0.500. The van der Waals surface area contributed by atoms with Gasteiger partial charge in [0.25, 0.3) is 0 Å². The lowest BCUT2D eigenvalue weighted by molar-refractivity contribution is -0.132. The van der Waals surface area contributed by atoms with E-state index in [0.717, 1.165) is 47.9 Å². The topological polar surface area (TPSA) is 53.0 Å². The number of carboxylic acids is 1. The van der Waals surface area contributed by atoms with Crippen molar-refractivity contribution in [2.24, 2.45) is 0 Å². The third kappa shape index (κ3) is 5.21. The Morgan fingerprint density at radius 2 is 2.24 bits per heavy atom. The quantitative estimate of drug-likeness (QED) is 0.684. The molecule has 3 rings (SSSR count). The number of carboxylic acid groups (broad SMARTS) is 1. The molecule has 158 valence electrons. The Kier molecular flexibility index (Phi) is 7.38. The molecule has 1 aromatic carbocycles. The average molecular weight is 421 g/mol. The Morgan fingerprint density at radius 3 is 2.86 bits per heavy atom. The number of thioether (sulfide) groups is 1. The number of halogens is 1. The van der Waals surface area contributed by atoms with Crippen LogP contribution in [0.25, 0.3) is 0 Å². The summed E-state index contributed by atoms with van der Waals surface area (Å²) in [5.74, 6) is -0.469. The first-order valence-corrected chi connectivity index (χ1v) is 11.0. The van der Waals surface area contributed by atoms with Crippen LogP contribution in [0.5, 0.6) is 0 Å². The van der Waals surface area contributed by atoms with Gasteiger partial charge >= 0.3 is 5.97 Å². The van der Waals surface area contributed by atoms with Gasteiger partial charge in [-0.3, -0.25) is 4.90 Å².